The number of anilines is 1. The van der Waals surface area contributed by atoms with E-state index < -0.39 is 17.0 Å². The predicted molar refractivity (Wildman–Crippen MR) is 105 cm³/mol. The third-order valence-electron chi connectivity index (χ3n) is 6.52. The zero-order valence-electron chi connectivity index (χ0n) is 16.7. The summed E-state index contributed by atoms with van der Waals surface area (Å²) in [6, 6.07) is 5.38. The van der Waals surface area contributed by atoms with Gasteiger partial charge in [-0.1, -0.05) is 0 Å². The van der Waals surface area contributed by atoms with Crippen LogP contribution >= 0.6 is 0 Å². The molecule has 0 radical (unpaired) electrons. The number of benzene rings is 1. The first kappa shape index (κ1) is 19.2. The van der Waals surface area contributed by atoms with Crippen molar-refractivity contribution in [1.29, 1.82) is 0 Å². The summed E-state index contributed by atoms with van der Waals surface area (Å²) in [6.07, 6.45) is 3.75. The molecule has 30 heavy (non-hydrogen) atoms. The first-order valence-corrected chi connectivity index (χ1v) is 10.2. The molecule has 3 saturated heterocycles. The molecule has 7 nitrogen and oxygen atoms in total. The Bertz CT molecular complexity index is 959. The molecule has 5 rings (SSSR count). The minimum absolute atomic E-state index is 0.0644. The number of hydrazine groups is 1. The Morgan fingerprint density at radius 1 is 1.13 bits per heavy atom. The maximum atomic E-state index is 13.7. The third-order valence-corrected chi connectivity index (χ3v) is 6.52. The molecule has 1 spiro atoms. The van der Waals surface area contributed by atoms with Crippen molar-refractivity contribution >= 4 is 11.7 Å². The highest BCUT2D eigenvalue weighted by molar-refractivity contribution is 5.85. The number of hydrogen-bond donors (Lipinski definition) is 0. The van der Waals surface area contributed by atoms with E-state index in [1.807, 2.05) is 6.07 Å². The lowest BCUT2D eigenvalue weighted by Gasteiger charge is -2.38. The zero-order chi connectivity index (χ0) is 20.9. The van der Waals surface area contributed by atoms with Gasteiger partial charge in [0.05, 0.1) is 18.6 Å². The van der Waals surface area contributed by atoms with Crippen LogP contribution in [0.2, 0.25) is 0 Å². The maximum absolute atomic E-state index is 13.7. The molecule has 0 bridgehead atoms. The van der Waals surface area contributed by atoms with Crippen molar-refractivity contribution in [3.05, 3.63) is 47.7 Å². The standard InChI is InChI=1S/C21H23F2N5O2/c1-30-20-24-6-2-18(25-20)26-8-4-21(5-9-26)13-27-7-3-17(28(27)19(21)29)14-10-15(22)12-16(23)11-14/h2,6,10-12,17H,3-5,7-9,13H2,1H3/t17-/m0/s1. The van der Waals surface area contributed by atoms with Crippen LogP contribution in [-0.4, -0.2) is 59.2 Å². The molecule has 3 fully saturated rings. The third kappa shape index (κ3) is 3.08. The van der Waals surface area contributed by atoms with E-state index in [4.69, 9.17) is 4.74 Å². The monoisotopic (exact) mass is 415 g/mol. The van der Waals surface area contributed by atoms with Crippen molar-refractivity contribution < 1.29 is 18.3 Å². The SMILES string of the molecule is COc1nccc(N2CCC3(CC2)CN2CC[C@@H](c4cc(F)cc(F)c4)N2C3=O)n1. The van der Waals surface area contributed by atoms with E-state index >= 15 is 0 Å². The van der Waals surface area contributed by atoms with E-state index in [-0.39, 0.29) is 11.9 Å². The molecule has 0 saturated carbocycles. The molecule has 1 amide bonds. The van der Waals surface area contributed by atoms with Crippen molar-refractivity contribution in [3.8, 4) is 6.01 Å². The van der Waals surface area contributed by atoms with Crippen molar-refractivity contribution in [1.82, 2.24) is 20.0 Å². The molecule has 9 heteroatoms. The number of aromatic nitrogens is 2. The largest absolute Gasteiger partial charge is 0.467 e. The molecular weight excluding hydrogens is 392 g/mol. The smallest absolute Gasteiger partial charge is 0.318 e. The maximum Gasteiger partial charge on any atom is 0.318 e. The topological polar surface area (TPSA) is 61.8 Å². The Balaban J connectivity index is 1.33. The van der Waals surface area contributed by atoms with Gasteiger partial charge in [-0.05, 0) is 43.0 Å². The average Bonchev–Trinajstić information content (AvgIpc) is 3.26. The fraction of sp³-hybridized carbons (Fsp3) is 0.476. The quantitative estimate of drug-likeness (QED) is 0.768. The number of rotatable bonds is 3. The van der Waals surface area contributed by atoms with Gasteiger partial charge in [-0.25, -0.2) is 18.8 Å². The van der Waals surface area contributed by atoms with Crippen molar-refractivity contribution in [2.24, 2.45) is 5.41 Å². The lowest BCUT2D eigenvalue weighted by molar-refractivity contribution is -0.143. The summed E-state index contributed by atoms with van der Waals surface area (Å²) < 4.78 is 32.6. The summed E-state index contributed by atoms with van der Waals surface area (Å²) in [5.41, 5.74) is 0.0592. The highest BCUT2D eigenvalue weighted by Gasteiger charge is 2.56. The van der Waals surface area contributed by atoms with Gasteiger partial charge in [0.1, 0.15) is 17.5 Å². The number of hydrogen-bond acceptors (Lipinski definition) is 6. The van der Waals surface area contributed by atoms with Gasteiger partial charge in [0.15, 0.2) is 0 Å². The van der Waals surface area contributed by atoms with E-state index in [0.29, 0.717) is 57.0 Å². The Labute approximate surface area is 173 Å². The number of ether oxygens (including phenoxy) is 1. The van der Waals surface area contributed by atoms with E-state index in [2.05, 4.69) is 19.9 Å². The molecule has 2 aromatic rings. The average molecular weight is 415 g/mol. The number of fused-ring (bicyclic) bond motifs is 1. The lowest BCUT2D eigenvalue weighted by atomic mass is 9.77. The first-order valence-electron chi connectivity index (χ1n) is 10.2. The number of nitrogens with zero attached hydrogens (tertiary/aromatic N) is 5. The Morgan fingerprint density at radius 3 is 2.57 bits per heavy atom. The minimum Gasteiger partial charge on any atom is -0.467 e. The van der Waals surface area contributed by atoms with Crippen LogP contribution in [0.1, 0.15) is 30.9 Å². The van der Waals surface area contributed by atoms with Gasteiger partial charge < -0.3 is 9.64 Å². The number of piperidine rings is 1. The molecule has 0 unspecified atom stereocenters. The molecule has 0 N–H and O–H groups in total. The minimum atomic E-state index is -0.613. The van der Waals surface area contributed by atoms with E-state index in [1.165, 1.54) is 19.2 Å². The Morgan fingerprint density at radius 2 is 1.87 bits per heavy atom. The van der Waals surface area contributed by atoms with Crippen LogP contribution in [0.15, 0.2) is 30.5 Å². The highest BCUT2D eigenvalue weighted by atomic mass is 19.1. The van der Waals surface area contributed by atoms with Crippen LogP contribution in [0.3, 0.4) is 0 Å². The van der Waals surface area contributed by atoms with Crippen LogP contribution in [0.25, 0.3) is 0 Å². The normalized spacial score (nSPS) is 23.3. The van der Waals surface area contributed by atoms with Crippen LogP contribution in [0.5, 0.6) is 6.01 Å². The van der Waals surface area contributed by atoms with E-state index in [0.717, 1.165) is 11.9 Å². The van der Waals surface area contributed by atoms with Crippen LogP contribution in [-0.2, 0) is 4.79 Å². The molecule has 1 aromatic heterocycles. The molecule has 3 aliphatic heterocycles. The van der Waals surface area contributed by atoms with Gasteiger partial charge in [-0.2, -0.15) is 4.98 Å². The van der Waals surface area contributed by atoms with Gasteiger partial charge in [0, 0.05) is 38.4 Å². The second-order valence-corrected chi connectivity index (χ2v) is 8.21. The van der Waals surface area contributed by atoms with Gasteiger partial charge in [0.25, 0.3) is 0 Å². The number of methoxy groups -OCH3 is 1. The number of carbonyl (C=O) groups excluding carboxylic acids is 1. The summed E-state index contributed by atoms with van der Waals surface area (Å²) in [5, 5.41) is 3.80. The van der Waals surface area contributed by atoms with E-state index in [9.17, 15) is 13.6 Å². The van der Waals surface area contributed by atoms with Crippen molar-refractivity contribution in [2.75, 3.05) is 38.2 Å². The van der Waals surface area contributed by atoms with Crippen LogP contribution in [0.4, 0.5) is 14.6 Å². The highest BCUT2D eigenvalue weighted by Crippen LogP contribution is 2.47. The van der Waals surface area contributed by atoms with Gasteiger partial charge in [-0.3, -0.25) is 9.80 Å². The van der Waals surface area contributed by atoms with Crippen LogP contribution in [0, 0.1) is 17.0 Å². The summed E-state index contributed by atoms with van der Waals surface area (Å²) >= 11 is 0. The lowest BCUT2D eigenvalue weighted by Crippen LogP contribution is -2.46. The Kier molecular flexibility index (Phi) is 4.57. The zero-order valence-corrected chi connectivity index (χ0v) is 16.7. The van der Waals surface area contributed by atoms with Crippen molar-refractivity contribution in [3.63, 3.8) is 0 Å². The van der Waals surface area contributed by atoms with Gasteiger partial charge in [0.2, 0.25) is 5.91 Å². The number of halogens is 2. The second kappa shape index (κ2) is 7.16. The molecule has 158 valence electrons. The molecule has 1 aromatic carbocycles. The fourth-order valence-corrected chi connectivity index (χ4v) is 5.00. The summed E-state index contributed by atoms with van der Waals surface area (Å²) in [6.45, 7) is 2.77. The number of carbonyl (C=O) groups is 1. The van der Waals surface area contributed by atoms with Gasteiger partial charge >= 0.3 is 6.01 Å². The molecule has 0 aliphatic carbocycles. The molecular formula is C21H23F2N5O2. The van der Waals surface area contributed by atoms with E-state index in [1.54, 1.807) is 11.2 Å². The van der Waals surface area contributed by atoms with Crippen molar-refractivity contribution in [2.45, 2.75) is 25.3 Å². The first-order chi connectivity index (χ1) is 14.5. The predicted octanol–water partition coefficient (Wildman–Crippen LogP) is 2.55. The Hall–Kier alpha value is -2.81. The summed E-state index contributed by atoms with van der Waals surface area (Å²) in [5.74, 6) is -0.373. The molecule has 3 aliphatic rings. The number of amides is 1. The fourth-order valence-electron chi connectivity index (χ4n) is 5.00. The molecule has 1 atom stereocenters. The van der Waals surface area contributed by atoms with Crippen LogP contribution < -0.4 is 9.64 Å². The summed E-state index contributed by atoms with van der Waals surface area (Å²) in [7, 11) is 1.53. The van der Waals surface area contributed by atoms with Gasteiger partial charge in [-0.15, -0.1) is 0 Å². The summed E-state index contributed by atoms with van der Waals surface area (Å²) in [4.78, 5) is 24.1. The molecule has 4 heterocycles. The second-order valence-electron chi connectivity index (χ2n) is 8.21.